The van der Waals surface area contributed by atoms with Crippen molar-refractivity contribution in [2.24, 2.45) is 0 Å². The van der Waals surface area contributed by atoms with Crippen LogP contribution in [0.25, 0.3) is 0 Å². The van der Waals surface area contributed by atoms with Crippen molar-refractivity contribution in [1.29, 1.82) is 0 Å². The maximum absolute atomic E-state index is 12.1. The van der Waals surface area contributed by atoms with E-state index < -0.39 is 0 Å². The van der Waals surface area contributed by atoms with Crippen LogP contribution >= 0.6 is 0 Å². The Morgan fingerprint density at radius 1 is 1.41 bits per heavy atom. The summed E-state index contributed by atoms with van der Waals surface area (Å²) in [4.78, 5) is 18.4. The maximum atomic E-state index is 12.1. The van der Waals surface area contributed by atoms with Crippen molar-refractivity contribution in [3.05, 3.63) is 17.7 Å². The largest absolute Gasteiger partial charge is 0.341 e. The summed E-state index contributed by atoms with van der Waals surface area (Å²) in [5.41, 5.74) is 2.33. The summed E-state index contributed by atoms with van der Waals surface area (Å²) in [7, 11) is 0. The van der Waals surface area contributed by atoms with Crippen LogP contribution in [0.4, 0.5) is 0 Å². The molecule has 0 radical (unpaired) electrons. The molecule has 2 aliphatic heterocycles. The van der Waals surface area contributed by atoms with E-state index in [1.807, 2.05) is 15.8 Å². The molecular formula is C12H18N4O. The van der Waals surface area contributed by atoms with Crippen LogP contribution in [0, 0.1) is 0 Å². The normalized spacial score (nSPS) is 19.4. The molecule has 0 bridgehead atoms. The van der Waals surface area contributed by atoms with Gasteiger partial charge >= 0.3 is 0 Å². The minimum absolute atomic E-state index is 0.237. The lowest BCUT2D eigenvalue weighted by Crippen LogP contribution is -2.32. The van der Waals surface area contributed by atoms with Gasteiger partial charge in [-0.15, -0.1) is 0 Å². The van der Waals surface area contributed by atoms with Gasteiger partial charge in [-0.2, -0.15) is 0 Å². The average Bonchev–Trinajstić information content (AvgIpc) is 2.98. The third-order valence-corrected chi connectivity index (χ3v) is 3.63. The first-order valence-corrected chi connectivity index (χ1v) is 6.36. The van der Waals surface area contributed by atoms with Crippen LogP contribution < -0.4 is 5.32 Å². The van der Waals surface area contributed by atoms with Gasteiger partial charge in [0.1, 0.15) is 6.54 Å². The minimum Gasteiger partial charge on any atom is -0.341 e. The Bertz CT molecular complexity index is 420. The third kappa shape index (κ3) is 2.07. The molecule has 0 atom stereocenters. The molecule has 1 aromatic rings. The molecular weight excluding hydrogens is 216 g/mol. The molecule has 92 valence electrons. The first kappa shape index (κ1) is 10.8. The molecule has 0 unspecified atom stereocenters. The van der Waals surface area contributed by atoms with Crippen LogP contribution in [-0.4, -0.2) is 40.0 Å². The summed E-state index contributed by atoms with van der Waals surface area (Å²) in [5.74, 6) is 0.237. The summed E-state index contributed by atoms with van der Waals surface area (Å²) in [5, 5.41) is 3.29. The molecule has 3 heterocycles. The number of hydrogen-bond acceptors (Lipinski definition) is 3. The Labute approximate surface area is 101 Å². The first-order valence-electron chi connectivity index (χ1n) is 6.36. The van der Waals surface area contributed by atoms with Crippen LogP contribution in [0.5, 0.6) is 0 Å². The molecule has 1 N–H and O–H groups in total. The number of hydrogen-bond donors (Lipinski definition) is 1. The van der Waals surface area contributed by atoms with E-state index in [1.165, 1.54) is 5.69 Å². The van der Waals surface area contributed by atoms with Gasteiger partial charge in [0.2, 0.25) is 5.91 Å². The van der Waals surface area contributed by atoms with E-state index in [4.69, 9.17) is 0 Å². The van der Waals surface area contributed by atoms with Crippen LogP contribution in [0.1, 0.15) is 24.2 Å². The Balaban J connectivity index is 1.72. The quantitative estimate of drug-likeness (QED) is 0.792. The molecule has 1 fully saturated rings. The van der Waals surface area contributed by atoms with Crippen molar-refractivity contribution in [3.63, 3.8) is 0 Å². The van der Waals surface area contributed by atoms with Gasteiger partial charge in [-0.25, -0.2) is 4.98 Å². The standard InChI is InChI=1S/C12H18N4O/c17-12(15-5-1-2-6-15)8-16-9-14-10-7-13-4-3-11(10)16/h9,13H,1-8H2. The highest BCUT2D eigenvalue weighted by atomic mass is 16.2. The molecule has 2 aliphatic rings. The van der Waals surface area contributed by atoms with Crippen LogP contribution in [-0.2, 0) is 24.3 Å². The number of likely N-dealkylation sites (tertiary alicyclic amines) is 1. The SMILES string of the molecule is O=C(Cn1cnc2c1CCNC2)N1CCCC1. The van der Waals surface area contributed by atoms with Gasteiger partial charge in [-0.05, 0) is 12.8 Å². The second-order valence-corrected chi connectivity index (χ2v) is 4.78. The zero-order valence-electron chi connectivity index (χ0n) is 9.98. The van der Waals surface area contributed by atoms with Crippen molar-refractivity contribution in [1.82, 2.24) is 19.8 Å². The van der Waals surface area contributed by atoms with Gasteiger partial charge in [0.15, 0.2) is 0 Å². The van der Waals surface area contributed by atoms with Gasteiger partial charge in [0, 0.05) is 38.3 Å². The molecule has 0 spiro atoms. The van der Waals surface area contributed by atoms with Crippen molar-refractivity contribution in [3.8, 4) is 0 Å². The Morgan fingerprint density at radius 3 is 3.06 bits per heavy atom. The molecule has 0 saturated carbocycles. The highest BCUT2D eigenvalue weighted by Crippen LogP contribution is 2.14. The van der Waals surface area contributed by atoms with Crippen LogP contribution in [0.3, 0.4) is 0 Å². The molecule has 1 aromatic heterocycles. The zero-order valence-corrected chi connectivity index (χ0v) is 9.98. The fourth-order valence-corrected chi connectivity index (χ4v) is 2.65. The lowest BCUT2D eigenvalue weighted by Gasteiger charge is -2.18. The number of carbonyl (C=O) groups is 1. The highest BCUT2D eigenvalue weighted by molar-refractivity contribution is 5.76. The number of amides is 1. The number of carbonyl (C=O) groups excluding carboxylic acids is 1. The predicted molar refractivity (Wildman–Crippen MR) is 63.5 cm³/mol. The summed E-state index contributed by atoms with van der Waals surface area (Å²) in [6.45, 7) is 4.13. The third-order valence-electron chi connectivity index (χ3n) is 3.63. The van der Waals surface area contributed by atoms with Crippen molar-refractivity contribution in [2.75, 3.05) is 19.6 Å². The number of imidazole rings is 1. The molecule has 0 aliphatic carbocycles. The van der Waals surface area contributed by atoms with E-state index >= 15 is 0 Å². The molecule has 0 aromatic carbocycles. The number of fused-ring (bicyclic) bond motifs is 1. The zero-order chi connectivity index (χ0) is 11.7. The average molecular weight is 234 g/mol. The van der Waals surface area contributed by atoms with Crippen molar-refractivity contribution >= 4 is 5.91 Å². The molecule has 1 amide bonds. The molecule has 5 nitrogen and oxygen atoms in total. The monoisotopic (exact) mass is 234 g/mol. The fraction of sp³-hybridized carbons (Fsp3) is 0.667. The smallest absolute Gasteiger partial charge is 0.242 e. The van der Waals surface area contributed by atoms with Gasteiger partial charge < -0.3 is 14.8 Å². The van der Waals surface area contributed by atoms with E-state index in [2.05, 4.69) is 10.3 Å². The van der Waals surface area contributed by atoms with E-state index in [9.17, 15) is 4.79 Å². The second kappa shape index (κ2) is 4.49. The molecule has 1 saturated heterocycles. The van der Waals surface area contributed by atoms with Gasteiger partial charge in [0.05, 0.1) is 12.0 Å². The number of nitrogens with zero attached hydrogens (tertiary/aromatic N) is 3. The second-order valence-electron chi connectivity index (χ2n) is 4.78. The molecule has 5 heteroatoms. The minimum atomic E-state index is 0.237. The number of nitrogens with one attached hydrogen (secondary N) is 1. The lowest BCUT2D eigenvalue weighted by atomic mass is 10.2. The highest BCUT2D eigenvalue weighted by Gasteiger charge is 2.21. The lowest BCUT2D eigenvalue weighted by molar-refractivity contribution is -0.130. The summed E-state index contributed by atoms with van der Waals surface area (Å²) in [6.07, 6.45) is 5.09. The van der Waals surface area contributed by atoms with Crippen LogP contribution in [0.2, 0.25) is 0 Å². The Kier molecular flexibility index (Phi) is 2.84. The van der Waals surface area contributed by atoms with Gasteiger partial charge in [-0.3, -0.25) is 4.79 Å². The van der Waals surface area contributed by atoms with Crippen molar-refractivity contribution in [2.45, 2.75) is 32.4 Å². The van der Waals surface area contributed by atoms with Crippen molar-refractivity contribution < 1.29 is 4.79 Å². The van der Waals surface area contributed by atoms with Crippen LogP contribution in [0.15, 0.2) is 6.33 Å². The summed E-state index contributed by atoms with van der Waals surface area (Å²) < 4.78 is 2.02. The topological polar surface area (TPSA) is 50.2 Å². The molecule has 3 rings (SSSR count). The Hall–Kier alpha value is -1.36. The Morgan fingerprint density at radius 2 is 2.24 bits per heavy atom. The van der Waals surface area contributed by atoms with E-state index in [0.29, 0.717) is 6.54 Å². The summed E-state index contributed by atoms with van der Waals surface area (Å²) >= 11 is 0. The first-order chi connectivity index (χ1) is 8.34. The van der Waals surface area contributed by atoms with E-state index in [-0.39, 0.29) is 5.91 Å². The fourth-order valence-electron chi connectivity index (χ4n) is 2.65. The van der Waals surface area contributed by atoms with Gasteiger partial charge in [0.25, 0.3) is 0 Å². The number of aromatic nitrogens is 2. The predicted octanol–water partition coefficient (Wildman–Crippen LogP) is 0.151. The number of rotatable bonds is 2. The van der Waals surface area contributed by atoms with E-state index in [0.717, 1.165) is 51.1 Å². The van der Waals surface area contributed by atoms with Gasteiger partial charge in [-0.1, -0.05) is 0 Å². The van der Waals surface area contributed by atoms with E-state index in [1.54, 1.807) is 0 Å². The maximum Gasteiger partial charge on any atom is 0.242 e. The summed E-state index contributed by atoms with van der Waals surface area (Å²) in [6, 6.07) is 0. The molecule has 17 heavy (non-hydrogen) atoms.